The standard InChI is InChI=1S/C18H27N5O3/c1-2-26-15-11-14(16(15)23-9-4-8-19-23)21-18(25)20-13-7-10-22(17(13)24)12-5-3-6-12/h4,8-9,12-16H,2-3,5-7,10-11H2,1H3,(H2,20,21,25). The second-order valence-corrected chi connectivity index (χ2v) is 7.39. The van der Waals surface area contributed by atoms with Gasteiger partial charge in [-0.15, -0.1) is 0 Å². The third-order valence-electron chi connectivity index (χ3n) is 5.87. The predicted octanol–water partition coefficient (Wildman–Crippen LogP) is 1.05. The molecule has 1 aromatic heterocycles. The van der Waals surface area contributed by atoms with Crippen molar-refractivity contribution in [3.05, 3.63) is 18.5 Å². The molecule has 0 spiro atoms. The molecule has 3 fully saturated rings. The Kier molecular flexibility index (Phi) is 4.84. The number of carbonyl (C=O) groups excluding carboxylic acids is 2. The number of carbonyl (C=O) groups is 2. The molecule has 4 rings (SSSR count). The van der Waals surface area contributed by atoms with Crippen molar-refractivity contribution in [3.63, 3.8) is 0 Å². The Morgan fingerprint density at radius 2 is 2.19 bits per heavy atom. The average Bonchev–Trinajstić information content (AvgIpc) is 3.17. The Balaban J connectivity index is 1.31. The Labute approximate surface area is 153 Å². The molecule has 8 heteroatoms. The summed E-state index contributed by atoms with van der Waals surface area (Å²) in [5.41, 5.74) is 0. The fourth-order valence-electron chi connectivity index (χ4n) is 4.19. The van der Waals surface area contributed by atoms with Gasteiger partial charge < -0.3 is 20.3 Å². The van der Waals surface area contributed by atoms with Crippen LogP contribution in [0.4, 0.5) is 4.79 Å². The first kappa shape index (κ1) is 17.3. The third-order valence-corrected chi connectivity index (χ3v) is 5.87. The fraction of sp³-hybridized carbons (Fsp3) is 0.722. The van der Waals surface area contributed by atoms with Crippen LogP contribution in [0, 0.1) is 0 Å². The number of nitrogens with zero attached hydrogens (tertiary/aromatic N) is 3. The van der Waals surface area contributed by atoms with Crippen LogP contribution < -0.4 is 10.6 Å². The van der Waals surface area contributed by atoms with Gasteiger partial charge in [-0.1, -0.05) is 0 Å². The van der Waals surface area contributed by atoms with Crippen LogP contribution in [0.5, 0.6) is 0 Å². The maximum absolute atomic E-state index is 12.5. The molecule has 0 aromatic carbocycles. The van der Waals surface area contributed by atoms with E-state index in [0.29, 0.717) is 19.1 Å². The molecule has 0 bridgehead atoms. The van der Waals surface area contributed by atoms with Crippen molar-refractivity contribution < 1.29 is 14.3 Å². The van der Waals surface area contributed by atoms with Gasteiger partial charge >= 0.3 is 6.03 Å². The molecule has 3 amide bonds. The lowest BCUT2D eigenvalue weighted by molar-refractivity contribution is -0.132. The minimum absolute atomic E-state index is 0.0125. The first-order chi connectivity index (χ1) is 12.7. The first-order valence-electron chi connectivity index (χ1n) is 9.65. The summed E-state index contributed by atoms with van der Waals surface area (Å²) in [5, 5.41) is 10.2. The Morgan fingerprint density at radius 3 is 2.85 bits per heavy atom. The van der Waals surface area contributed by atoms with Gasteiger partial charge in [0, 0.05) is 31.6 Å². The Hall–Kier alpha value is -2.09. The summed E-state index contributed by atoms with van der Waals surface area (Å²) in [6.07, 6.45) is 8.49. The van der Waals surface area contributed by atoms with E-state index in [1.807, 2.05) is 28.8 Å². The van der Waals surface area contributed by atoms with Crippen molar-refractivity contribution in [2.24, 2.45) is 0 Å². The van der Waals surface area contributed by atoms with Crippen molar-refractivity contribution in [3.8, 4) is 0 Å². The normalized spacial score (nSPS) is 31.4. The zero-order chi connectivity index (χ0) is 18.1. The van der Waals surface area contributed by atoms with Crippen LogP contribution in [0.2, 0.25) is 0 Å². The minimum atomic E-state index is -0.401. The molecule has 2 saturated carbocycles. The number of ether oxygens (including phenoxy) is 1. The fourth-order valence-corrected chi connectivity index (χ4v) is 4.19. The smallest absolute Gasteiger partial charge is 0.315 e. The SMILES string of the molecule is CCOC1CC(NC(=O)NC2CCN(C3CCC3)C2=O)C1n1cccn1. The lowest BCUT2D eigenvalue weighted by Gasteiger charge is -2.44. The summed E-state index contributed by atoms with van der Waals surface area (Å²) in [6, 6.07) is 1.51. The average molecular weight is 361 g/mol. The van der Waals surface area contributed by atoms with Crippen LogP contribution in [0.3, 0.4) is 0 Å². The summed E-state index contributed by atoms with van der Waals surface area (Å²) >= 11 is 0. The molecule has 8 nitrogen and oxygen atoms in total. The molecule has 3 aliphatic rings. The Morgan fingerprint density at radius 1 is 1.35 bits per heavy atom. The van der Waals surface area contributed by atoms with Gasteiger partial charge in [0.15, 0.2) is 0 Å². The topological polar surface area (TPSA) is 88.5 Å². The molecule has 26 heavy (non-hydrogen) atoms. The number of urea groups is 1. The van der Waals surface area contributed by atoms with E-state index in [0.717, 1.165) is 25.8 Å². The molecular weight excluding hydrogens is 334 g/mol. The molecule has 1 aromatic rings. The summed E-state index contributed by atoms with van der Waals surface area (Å²) in [7, 11) is 0. The lowest BCUT2D eigenvalue weighted by Crippen LogP contribution is -2.60. The molecule has 2 N–H and O–H groups in total. The van der Waals surface area contributed by atoms with E-state index in [1.165, 1.54) is 6.42 Å². The van der Waals surface area contributed by atoms with Crippen molar-refractivity contribution in [2.75, 3.05) is 13.2 Å². The highest BCUT2D eigenvalue weighted by Gasteiger charge is 2.45. The maximum Gasteiger partial charge on any atom is 0.315 e. The van der Waals surface area contributed by atoms with E-state index in [4.69, 9.17) is 4.74 Å². The second kappa shape index (κ2) is 7.26. The van der Waals surface area contributed by atoms with Gasteiger partial charge in [-0.05, 0) is 45.1 Å². The summed E-state index contributed by atoms with van der Waals surface area (Å²) in [6.45, 7) is 3.35. The molecule has 0 radical (unpaired) electrons. The molecule has 1 aliphatic heterocycles. The zero-order valence-corrected chi connectivity index (χ0v) is 15.1. The number of amides is 3. The zero-order valence-electron chi connectivity index (χ0n) is 15.1. The number of hydrogen-bond donors (Lipinski definition) is 2. The highest BCUT2D eigenvalue weighted by molar-refractivity contribution is 5.89. The monoisotopic (exact) mass is 361 g/mol. The number of aromatic nitrogens is 2. The summed E-state index contributed by atoms with van der Waals surface area (Å²) in [5.74, 6) is 0.0641. The van der Waals surface area contributed by atoms with E-state index < -0.39 is 6.04 Å². The van der Waals surface area contributed by atoms with Gasteiger partial charge in [-0.2, -0.15) is 5.10 Å². The molecule has 2 aliphatic carbocycles. The number of likely N-dealkylation sites (tertiary alicyclic amines) is 1. The molecule has 4 atom stereocenters. The van der Waals surface area contributed by atoms with Crippen LogP contribution in [0.15, 0.2) is 18.5 Å². The first-order valence-corrected chi connectivity index (χ1v) is 9.65. The van der Waals surface area contributed by atoms with Crippen LogP contribution in [0.1, 0.15) is 45.1 Å². The van der Waals surface area contributed by atoms with Gasteiger partial charge in [0.1, 0.15) is 6.04 Å². The third kappa shape index (κ3) is 3.18. The maximum atomic E-state index is 12.5. The van der Waals surface area contributed by atoms with E-state index in [2.05, 4.69) is 15.7 Å². The van der Waals surface area contributed by atoms with Crippen molar-refractivity contribution in [1.29, 1.82) is 0 Å². The molecule has 2 heterocycles. The van der Waals surface area contributed by atoms with Crippen LogP contribution >= 0.6 is 0 Å². The number of rotatable bonds is 6. The van der Waals surface area contributed by atoms with Gasteiger partial charge in [0.25, 0.3) is 0 Å². The van der Waals surface area contributed by atoms with E-state index in [9.17, 15) is 9.59 Å². The molecule has 142 valence electrons. The van der Waals surface area contributed by atoms with E-state index >= 15 is 0 Å². The molecular formula is C18H27N5O3. The van der Waals surface area contributed by atoms with Gasteiger partial charge in [-0.3, -0.25) is 9.48 Å². The lowest BCUT2D eigenvalue weighted by atomic mass is 9.83. The highest BCUT2D eigenvalue weighted by atomic mass is 16.5. The minimum Gasteiger partial charge on any atom is -0.376 e. The van der Waals surface area contributed by atoms with E-state index in [-0.39, 0.29) is 30.1 Å². The van der Waals surface area contributed by atoms with Crippen molar-refractivity contribution >= 4 is 11.9 Å². The Bertz CT molecular complexity index is 645. The van der Waals surface area contributed by atoms with Crippen molar-refractivity contribution in [1.82, 2.24) is 25.3 Å². The van der Waals surface area contributed by atoms with Crippen LogP contribution in [0.25, 0.3) is 0 Å². The van der Waals surface area contributed by atoms with E-state index in [1.54, 1.807) is 6.20 Å². The van der Waals surface area contributed by atoms with Crippen LogP contribution in [-0.2, 0) is 9.53 Å². The quantitative estimate of drug-likeness (QED) is 0.793. The second-order valence-electron chi connectivity index (χ2n) is 7.39. The van der Waals surface area contributed by atoms with Gasteiger partial charge in [0.05, 0.1) is 18.2 Å². The number of nitrogens with one attached hydrogen (secondary N) is 2. The predicted molar refractivity (Wildman–Crippen MR) is 94.5 cm³/mol. The van der Waals surface area contributed by atoms with Crippen LogP contribution in [-0.4, -0.2) is 64.0 Å². The van der Waals surface area contributed by atoms with Gasteiger partial charge in [0.2, 0.25) is 5.91 Å². The highest BCUT2D eigenvalue weighted by Crippen LogP contribution is 2.35. The molecule has 1 saturated heterocycles. The van der Waals surface area contributed by atoms with Gasteiger partial charge in [-0.25, -0.2) is 4.79 Å². The number of hydrogen-bond acceptors (Lipinski definition) is 4. The molecule has 4 unspecified atom stereocenters. The van der Waals surface area contributed by atoms with Crippen molar-refractivity contribution in [2.45, 2.75) is 69.3 Å². The summed E-state index contributed by atoms with van der Waals surface area (Å²) < 4.78 is 7.58. The summed E-state index contributed by atoms with van der Waals surface area (Å²) in [4.78, 5) is 26.8. The largest absolute Gasteiger partial charge is 0.376 e.